The van der Waals surface area contributed by atoms with Crippen LogP contribution in [0, 0.1) is 23.2 Å². The van der Waals surface area contributed by atoms with Crippen molar-refractivity contribution in [1.29, 1.82) is 0 Å². The molecule has 380 valence electrons. The number of anilines is 1. The zero-order valence-corrected chi connectivity index (χ0v) is 41.0. The average Bonchev–Trinajstić information content (AvgIpc) is 3.87. The zero-order valence-electron chi connectivity index (χ0n) is 41.0. The lowest BCUT2D eigenvalue weighted by Gasteiger charge is -2.46. The number of alkyl halides is 3. The predicted octanol–water partition coefficient (Wildman–Crippen LogP) is 6.29. The van der Waals surface area contributed by atoms with Gasteiger partial charge in [0.25, 0.3) is 0 Å². The maximum absolute atomic E-state index is 14.2. The number of carbonyl (C=O) groups is 4. The van der Waals surface area contributed by atoms with Gasteiger partial charge in [-0.05, 0) is 146 Å². The van der Waals surface area contributed by atoms with Gasteiger partial charge in [-0.3, -0.25) is 29.1 Å². The third-order valence-corrected chi connectivity index (χ3v) is 17.5. The number of carbonyl (C=O) groups excluding carboxylic acids is 4. The standard InChI is InChI=1S/C52H71F3N10O5/c1-31(2)62(3)37-12-14-43(65-23-17-41(50(65)70)60-46-38-26-35(52(53,54)55)9-13-40(38)57-30-58-46)42(27-37)61-48(68)32-7-10-36(11-8-32)59-47(67)33-15-18-51(19-16-33)20-24-64(25-21-51)49(69)39-28-44(66)63(4)45(39)34-6-5-22-56-29-34/h5-6,9,13,22,26,29-33,36-37,39,41-43,45,50,70H,7-8,10-12,14-21,23-25,27-28H2,1-4H3,(H,59,67)(H,61,68)(H,57,58,60)/t32?,36?,37-,39+,41+,42-,43+,45-,50?/m1/s1. The van der Waals surface area contributed by atoms with Gasteiger partial charge in [0.05, 0.1) is 29.1 Å². The molecule has 0 radical (unpaired) electrons. The molecule has 4 N–H and O–H groups in total. The molecule has 6 fully saturated rings. The molecule has 6 aliphatic rings. The summed E-state index contributed by atoms with van der Waals surface area (Å²) in [6, 6.07) is 6.55. The van der Waals surface area contributed by atoms with Crippen molar-refractivity contribution in [2.75, 3.05) is 39.0 Å². The number of nitrogens with zero attached hydrogens (tertiary/aromatic N) is 7. The number of pyridine rings is 1. The van der Waals surface area contributed by atoms with E-state index >= 15 is 0 Å². The number of aromatic nitrogens is 3. The van der Waals surface area contributed by atoms with Crippen molar-refractivity contribution in [3.8, 4) is 0 Å². The van der Waals surface area contributed by atoms with Gasteiger partial charge in [0.2, 0.25) is 23.6 Å². The fourth-order valence-electron chi connectivity index (χ4n) is 13.0. The molecule has 2 aromatic heterocycles. The number of fused-ring (bicyclic) bond motifs is 1. The van der Waals surface area contributed by atoms with Gasteiger partial charge in [-0.2, -0.15) is 13.2 Å². The van der Waals surface area contributed by atoms with Gasteiger partial charge in [0.1, 0.15) is 18.4 Å². The van der Waals surface area contributed by atoms with E-state index in [1.165, 1.54) is 12.4 Å². The Labute approximate surface area is 409 Å². The molecule has 15 nitrogen and oxygen atoms in total. The minimum Gasteiger partial charge on any atom is -0.376 e. The number of halogens is 3. The number of likely N-dealkylation sites (tertiary alicyclic amines) is 3. The van der Waals surface area contributed by atoms with Gasteiger partial charge < -0.3 is 35.8 Å². The number of aliphatic hydroxyl groups excluding tert-OH is 1. The molecule has 1 spiro atoms. The lowest BCUT2D eigenvalue weighted by Crippen LogP contribution is -2.60. The van der Waals surface area contributed by atoms with E-state index in [1.807, 2.05) is 21.9 Å². The first kappa shape index (κ1) is 50.0. The number of benzene rings is 1. The summed E-state index contributed by atoms with van der Waals surface area (Å²) in [4.78, 5) is 75.2. The second kappa shape index (κ2) is 20.7. The van der Waals surface area contributed by atoms with Crippen LogP contribution in [0.25, 0.3) is 10.9 Å². The number of hydrogen-bond donors (Lipinski definition) is 4. The number of piperidine rings is 1. The lowest BCUT2D eigenvalue weighted by atomic mass is 9.65. The Morgan fingerprint density at radius 1 is 0.871 bits per heavy atom. The zero-order chi connectivity index (χ0) is 49.5. The third-order valence-electron chi connectivity index (χ3n) is 17.5. The number of rotatable bonds is 11. The molecule has 0 bridgehead atoms. The average molecular weight is 973 g/mol. The molecule has 7 atom stereocenters. The molecule has 3 aromatic rings. The van der Waals surface area contributed by atoms with Crippen molar-refractivity contribution >= 4 is 40.3 Å². The van der Waals surface area contributed by atoms with Crippen LogP contribution in [0.15, 0.2) is 49.1 Å². The molecule has 70 heavy (non-hydrogen) atoms. The van der Waals surface area contributed by atoms with E-state index in [-0.39, 0.29) is 88.7 Å². The highest BCUT2D eigenvalue weighted by Gasteiger charge is 2.48. The first-order valence-electron chi connectivity index (χ1n) is 25.8. The summed E-state index contributed by atoms with van der Waals surface area (Å²) in [5.74, 6) is -0.295. The molecule has 4 amide bonds. The van der Waals surface area contributed by atoms with Crippen LogP contribution in [0.1, 0.15) is 127 Å². The molecule has 5 heterocycles. The number of hydrogen-bond acceptors (Lipinski definition) is 11. The van der Waals surface area contributed by atoms with Gasteiger partial charge in [0.15, 0.2) is 0 Å². The molecule has 3 saturated carbocycles. The summed E-state index contributed by atoms with van der Waals surface area (Å²) < 4.78 is 40.9. The smallest absolute Gasteiger partial charge is 0.376 e. The van der Waals surface area contributed by atoms with Crippen LogP contribution in [0.2, 0.25) is 0 Å². The van der Waals surface area contributed by atoms with E-state index in [4.69, 9.17) is 0 Å². The van der Waals surface area contributed by atoms with Crippen molar-refractivity contribution in [2.24, 2.45) is 23.2 Å². The van der Waals surface area contributed by atoms with Crippen LogP contribution in [-0.2, 0) is 25.4 Å². The Balaban J connectivity index is 0.750. The van der Waals surface area contributed by atoms with E-state index in [2.05, 4.69) is 56.7 Å². The Hall–Kier alpha value is -4.94. The molecular weight excluding hydrogens is 902 g/mol. The van der Waals surface area contributed by atoms with Crippen LogP contribution in [-0.4, -0.2) is 139 Å². The van der Waals surface area contributed by atoms with Crippen LogP contribution < -0.4 is 16.0 Å². The molecule has 3 aliphatic heterocycles. The van der Waals surface area contributed by atoms with Crippen molar-refractivity contribution in [3.05, 3.63) is 60.2 Å². The second-order valence-corrected chi connectivity index (χ2v) is 21.8. The SMILES string of the molecule is CC(C)N(C)[C@@H]1CC[C@H](N2CC[C@H](Nc3ncnc4ccc(C(F)(F)F)cc34)C2O)[C@H](NC(=O)C2CCC(NC(=O)C3CCC4(CC3)CCN(C(=O)[C@H]3CC(=O)N(C)[C@@H]3c3cccnc3)CC4)CC2)C1. The van der Waals surface area contributed by atoms with Gasteiger partial charge in [0, 0.05) is 92.9 Å². The van der Waals surface area contributed by atoms with Crippen molar-refractivity contribution in [1.82, 2.24) is 45.2 Å². The van der Waals surface area contributed by atoms with Crippen LogP contribution in [0.3, 0.4) is 0 Å². The highest BCUT2D eigenvalue weighted by Crippen LogP contribution is 2.48. The van der Waals surface area contributed by atoms with E-state index in [9.17, 15) is 37.5 Å². The molecule has 9 rings (SSSR count). The fourth-order valence-corrected chi connectivity index (χ4v) is 13.0. The first-order chi connectivity index (χ1) is 33.5. The summed E-state index contributed by atoms with van der Waals surface area (Å²) >= 11 is 0. The monoisotopic (exact) mass is 973 g/mol. The van der Waals surface area contributed by atoms with E-state index in [1.54, 1.807) is 24.3 Å². The summed E-state index contributed by atoms with van der Waals surface area (Å²) in [6.07, 6.45) is 10.5. The quantitative estimate of drug-likeness (QED) is 0.170. The van der Waals surface area contributed by atoms with Crippen molar-refractivity contribution in [3.63, 3.8) is 0 Å². The summed E-state index contributed by atoms with van der Waals surface area (Å²) in [5, 5.41) is 22.1. The van der Waals surface area contributed by atoms with Crippen molar-refractivity contribution in [2.45, 2.75) is 165 Å². The number of nitrogens with one attached hydrogen (secondary N) is 3. The third kappa shape index (κ3) is 10.5. The maximum Gasteiger partial charge on any atom is 0.416 e. The van der Waals surface area contributed by atoms with Gasteiger partial charge >= 0.3 is 6.18 Å². The molecule has 1 unspecified atom stereocenters. The number of aliphatic hydroxyl groups is 1. The van der Waals surface area contributed by atoms with Gasteiger partial charge in [-0.25, -0.2) is 9.97 Å². The topological polar surface area (TPSA) is 176 Å². The van der Waals surface area contributed by atoms with E-state index < -0.39 is 29.9 Å². The second-order valence-electron chi connectivity index (χ2n) is 21.8. The number of amides is 4. The Bertz CT molecular complexity index is 2350. The fraction of sp³-hybridized carbons (Fsp3) is 0.673. The minimum absolute atomic E-state index is 0.00613. The van der Waals surface area contributed by atoms with Gasteiger partial charge in [-0.1, -0.05) is 6.07 Å². The highest BCUT2D eigenvalue weighted by atomic mass is 19.4. The van der Waals surface area contributed by atoms with E-state index in [0.717, 1.165) is 88.3 Å². The molecular formula is C52H71F3N10O5. The molecule has 3 aliphatic carbocycles. The lowest BCUT2D eigenvalue weighted by molar-refractivity contribution is -0.140. The Kier molecular flexibility index (Phi) is 14.8. The maximum atomic E-state index is 14.2. The minimum atomic E-state index is -4.53. The predicted molar refractivity (Wildman–Crippen MR) is 257 cm³/mol. The van der Waals surface area contributed by atoms with Crippen LogP contribution in [0.4, 0.5) is 19.0 Å². The van der Waals surface area contributed by atoms with Crippen LogP contribution >= 0.6 is 0 Å². The molecule has 1 aromatic carbocycles. The Morgan fingerprint density at radius 3 is 2.27 bits per heavy atom. The Morgan fingerprint density at radius 2 is 1.59 bits per heavy atom. The van der Waals surface area contributed by atoms with E-state index in [0.29, 0.717) is 50.5 Å². The van der Waals surface area contributed by atoms with Gasteiger partial charge in [-0.15, -0.1) is 0 Å². The highest BCUT2D eigenvalue weighted by molar-refractivity contribution is 5.91. The molecule has 18 heteroatoms. The summed E-state index contributed by atoms with van der Waals surface area (Å²) in [6.45, 7) is 6.19. The summed E-state index contributed by atoms with van der Waals surface area (Å²) in [5.41, 5.74) is 0.577. The first-order valence-corrected chi connectivity index (χ1v) is 25.8. The largest absolute Gasteiger partial charge is 0.416 e. The molecule has 3 saturated heterocycles. The van der Waals surface area contributed by atoms with Crippen molar-refractivity contribution < 1.29 is 37.5 Å². The normalized spacial score (nSPS) is 30.1. The van der Waals surface area contributed by atoms with Crippen LogP contribution in [0.5, 0.6) is 0 Å². The summed E-state index contributed by atoms with van der Waals surface area (Å²) in [7, 11) is 3.88.